The van der Waals surface area contributed by atoms with Crippen LogP contribution in [-0.2, 0) is 0 Å². The average Bonchev–Trinajstić information content (AvgIpc) is 3.57. The number of furan rings is 1. The Morgan fingerprint density at radius 3 is 2.11 bits per heavy atom. The first-order chi connectivity index (χ1) is 17.4. The highest BCUT2D eigenvalue weighted by atomic mass is 32.1. The molecule has 0 fully saturated rings. The predicted octanol–water partition coefficient (Wildman–Crippen LogP) is 9.56. The van der Waals surface area contributed by atoms with Gasteiger partial charge in [-0.1, -0.05) is 72.8 Å². The van der Waals surface area contributed by atoms with Crippen molar-refractivity contribution in [1.82, 2.24) is 4.57 Å². The van der Waals surface area contributed by atoms with Gasteiger partial charge in [0, 0.05) is 31.2 Å². The maximum atomic E-state index is 6.59. The van der Waals surface area contributed by atoms with E-state index in [9.17, 15) is 0 Å². The molecule has 8 aromatic rings. The summed E-state index contributed by atoms with van der Waals surface area (Å²) in [6, 6.07) is 40.9. The molecular formula is C32H19NOS. The fraction of sp³-hybridized carbons (Fsp3) is 0. The van der Waals surface area contributed by atoms with E-state index in [1.54, 1.807) is 0 Å². The highest BCUT2D eigenvalue weighted by molar-refractivity contribution is 7.25. The molecule has 3 heterocycles. The molecule has 0 bridgehead atoms. The number of aromatic nitrogens is 1. The van der Waals surface area contributed by atoms with E-state index in [2.05, 4.69) is 120 Å². The molecule has 0 aliphatic rings. The van der Waals surface area contributed by atoms with Gasteiger partial charge in [0.25, 0.3) is 0 Å². The van der Waals surface area contributed by atoms with Crippen molar-refractivity contribution in [2.75, 3.05) is 0 Å². The third-order valence-electron chi connectivity index (χ3n) is 7.01. The average molecular weight is 466 g/mol. The summed E-state index contributed by atoms with van der Waals surface area (Å²) in [6.45, 7) is 0. The normalized spacial score (nSPS) is 12.0. The van der Waals surface area contributed by atoms with Crippen molar-refractivity contribution in [1.29, 1.82) is 0 Å². The smallest absolute Gasteiger partial charge is 0.161 e. The number of hydrogen-bond acceptors (Lipinski definition) is 2. The molecule has 3 aromatic heterocycles. The molecule has 0 amide bonds. The molecule has 2 nitrogen and oxygen atoms in total. The van der Waals surface area contributed by atoms with E-state index in [1.165, 1.54) is 31.3 Å². The van der Waals surface area contributed by atoms with Crippen LogP contribution in [0.5, 0.6) is 0 Å². The van der Waals surface area contributed by atoms with E-state index in [0.29, 0.717) is 0 Å². The number of nitrogens with zero attached hydrogens (tertiary/aromatic N) is 1. The van der Waals surface area contributed by atoms with Crippen molar-refractivity contribution in [3.8, 4) is 16.8 Å². The van der Waals surface area contributed by atoms with Gasteiger partial charge in [0.1, 0.15) is 11.1 Å². The van der Waals surface area contributed by atoms with Crippen LogP contribution in [0.4, 0.5) is 0 Å². The van der Waals surface area contributed by atoms with Crippen molar-refractivity contribution >= 4 is 64.5 Å². The summed E-state index contributed by atoms with van der Waals surface area (Å²) in [5.41, 5.74) is 7.72. The fourth-order valence-electron chi connectivity index (χ4n) is 5.58. The van der Waals surface area contributed by atoms with Crippen LogP contribution in [0.2, 0.25) is 0 Å². The van der Waals surface area contributed by atoms with Crippen LogP contribution in [0.15, 0.2) is 120 Å². The third-order valence-corrected chi connectivity index (χ3v) is 8.15. The van der Waals surface area contributed by atoms with Gasteiger partial charge in [0.05, 0.1) is 10.9 Å². The van der Waals surface area contributed by atoms with E-state index in [4.69, 9.17) is 4.42 Å². The van der Waals surface area contributed by atoms with E-state index in [1.807, 2.05) is 11.3 Å². The maximum Gasteiger partial charge on any atom is 0.161 e. The zero-order valence-corrected chi connectivity index (χ0v) is 19.5. The van der Waals surface area contributed by atoms with Gasteiger partial charge in [-0.15, -0.1) is 11.3 Å². The molecule has 0 saturated carbocycles. The van der Waals surface area contributed by atoms with Gasteiger partial charge in [-0.25, -0.2) is 0 Å². The Kier molecular flexibility index (Phi) is 3.85. The minimum absolute atomic E-state index is 0.916. The summed E-state index contributed by atoms with van der Waals surface area (Å²) in [7, 11) is 0. The second-order valence-corrected chi connectivity index (χ2v) is 10.0. The molecule has 35 heavy (non-hydrogen) atoms. The number of hydrogen-bond donors (Lipinski definition) is 0. The first kappa shape index (κ1) is 19.0. The maximum absolute atomic E-state index is 6.59. The largest absolute Gasteiger partial charge is 0.454 e. The van der Waals surface area contributed by atoms with Gasteiger partial charge in [-0.2, -0.15) is 0 Å². The van der Waals surface area contributed by atoms with Gasteiger partial charge < -0.3 is 8.98 Å². The zero-order chi connectivity index (χ0) is 22.9. The zero-order valence-electron chi connectivity index (χ0n) is 18.7. The lowest BCUT2D eigenvalue weighted by molar-refractivity contribution is 0.673. The summed E-state index contributed by atoms with van der Waals surface area (Å²) in [6.07, 6.45) is 0. The minimum Gasteiger partial charge on any atom is -0.454 e. The molecule has 0 unspecified atom stereocenters. The SMILES string of the molecule is c1ccc(-n2c3ccccc3c3oc4cccc(-c5cccc6sc7ccccc7c56)c4c32)cc1. The third kappa shape index (κ3) is 2.59. The molecule has 0 atom stereocenters. The van der Waals surface area contributed by atoms with Crippen molar-refractivity contribution in [2.24, 2.45) is 0 Å². The highest BCUT2D eigenvalue weighted by Crippen LogP contribution is 2.46. The van der Waals surface area contributed by atoms with E-state index >= 15 is 0 Å². The van der Waals surface area contributed by atoms with Gasteiger partial charge in [0.2, 0.25) is 0 Å². The monoisotopic (exact) mass is 465 g/mol. The first-order valence-electron chi connectivity index (χ1n) is 11.8. The van der Waals surface area contributed by atoms with Gasteiger partial charge >= 0.3 is 0 Å². The summed E-state index contributed by atoms with van der Waals surface area (Å²) in [5, 5.41) is 4.92. The van der Waals surface area contributed by atoms with Gasteiger partial charge in [0.15, 0.2) is 5.58 Å². The van der Waals surface area contributed by atoms with Crippen LogP contribution >= 0.6 is 11.3 Å². The summed E-state index contributed by atoms with van der Waals surface area (Å²) in [4.78, 5) is 0. The fourth-order valence-corrected chi connectivity index (χ4v) is 6.71. The number of benzene rings is 5. The van der Waals surface area contributed by atoms with E-state index in [0.717, 1.165) is 38.7 Å². The molecular weight excluding hydrogens is 446 g/mol. The molecule has 164 valence electrons. The standard InChI is InChI=1S/C32H19NOS/c1-2-10-20(11-3-1)33-25-16-6-4-12-23(25)32-31(33)30-22(14-8-17-26(30)34-32)21-15-9-19-28-29(21)24-13-5-7-18-27(24)35-28/h1-19H. The Labute approximate surface area is 205 Å². The van der Waals surface area contributed by atoms with Crippen LogP contribution in [0.25, 0.3) is 70.0 Å². The molecule has 0 aliphatic heterocycles. The van der Waals surface area contributed by atoms with Gasteiger partial charge in [-0.3, -0.25) is 0 Å². The van der Waals surface area contributed by atoms with Crippen LogP contribution in [0.3, 0.4) is 0 Å². The van der Waals surface area contributed by atoms with Crippen LogP contribution in [-0.4, -0.2) is 4.57 Å². The first-order valence-corrected chi connectivity index (χ1v) is 12.6. The van der Waals surface area contributed by atoms with Crippen LogP contribution in [0.1, 0.15) is 0 Å². The topological polar surface area (TPSA) is 18.1 Å². The lowest BCUT2D eigenvalue weighted by Gasteiger charge is -2.10. The Hall–Kier alpha value is -4.34. The molecule has 0 aliphatic carbocycles. The molecule has 8 rings (SSSR count). The highest BCUT2D eigenvalue weighted by Gasteiger charge is 2.22. The molecule has 0 N–H and O–H groups in total. The molecule has 3 heteroatoms. The quantitative estimate of drug-likeness (QED) is 0.248. The predicted molar refractivity (Wildman–Crippen MR) is 149 cm³/mol. The molecule has 0 spiro atoms. The van der Waals surface area contributed by atoms with Crippen molar-refractivity contribution in [3.05, 3.63) is 115 Å². The van der Waals surface area contributed by atoms with Crippen molar-refractivity contribution in [2.45, 2.75) is 0 Å². The number of thiophene rings is 1. The Bertz CT molecular complexity index is 2060. The molecule has 0 saturated heterocycles. The lowest BCUT2D eigenvalue weighted by atomic mass is 9.96. The Morgan fingerprint density at radius 1 is 0.543 bits per heavy atom. The number of para-hydroxylation sites is 2. The molecule has 0 radical (unpaired) electrons. The Balaban J connectivity index is 1.58. The number of fused-ring (bicyclic) bond motifs is 8. The van der Waals surface area contributed by atoms with E-state index < -0.39 is 0 Å². The minimum atomic E-state index is 0.916. The molecule has 5 aromatic carbocycles. The summed E-state index contributed by atoms with van der Waals surface area (Å²) >= 11 is 1.86. The van der Waals surface area contributed by atoms with Gasteiger partial charge in [-0.05, 0) is 53.6 Å². The summed E-state index contributed by atoms with van der Waals surface area (Å²) in [5.74, 6) is 0. The summed E-state index contributed by atoms with van der Waals surface area (Å²) < 4.78 is 11.6. The lowest BCUT2D eigenvalue weighted by Crippen LogP contribution is -1.93. The van der Waals surface area contributed by atoms with E-state index in [-0.39, 0.29) is 0 Å². The van der Waals surface area contributed by atoms with Crippen molar-refractivity contribution in [3.63, 3.8) is 0 Å². The Morgan fingerprint density at radius 2 is 1.23 bits per heavy atom. The van der Waals surface area contributed by atoms with Crippen LogP contribution in [0, 0.1) is 0 Å². The second kappa shape index (κ2) is 7.08. The van der Waals surface area contributed by atoms with Crippen LogP contribution < -0.4 is 0 Å². The van der Waals surface area contributed by atoms with Crippen molar-refractivity contribution < 1.29 is 4.42 Å². The second-order valence-electron chi connectivity index (χ2n) is 8.92. The number of rotatable bonds is 2.